The zero-order valence-electron chi connectivity index (χ0n) is 20.7. The Bertz CT molecular complexity index is 938. The van der Waals surface area contributed by atoms with E-state index in [1.54, 1.807) is 11.0 Å². The van der Waals surface area contributed by atoms with Crippen LogP contribution in [0, 0.1) is 17.2 Å². The molecule has 1 saturated carbocycles. The first-order valence-electron chi connectivity index (χ1n) is 12.6. The van der Waals surface area contributed by atoms with E-state index in [2.05, 4.69) is 10.6 Å². The molecule has 0 spiro atoms. The number of hydrogen-bond donors (Lipinski definition) is 4. The fraction of sp³-hybridized carbons (Fsp3) is 0.600. The number of alkyl halides is 3. The van der Waals surface area contributed by atoms with Crippen LogP contribution in [0.25, 0.3) is 0 Å². The second kappa shape index (κ2) is 13.9. The van der Waals surface area contributed by atoms with Crippen LogP contribution in [0.2, 0.25) is 0 Å². The van der Waals surface area contributed by atoms with E-state index in [1.807, 2.05) is 36.4 Å². The molecule has 1 aliphatic heterocycles. The lowest BCUT2D eigenvalue weighted by Crippen LogP contribution is -2.52. The molecule has 202 valence electrons. The van der Waals surface area contributed by atoms with E-state index < -0.39 is 31.8 Å². The third-order valence-electron chi connectivity index (χ3n) is 6.52. The Labute approximate surface area is 215 Å². The SMILES string of the molecule is N#CC(=CC1CC1)C(=O)N1CCC[C@@H]1COC[C@H](CN[C@@H](Cc1ccccc1)B(O)O)NCC(F)(F)F. The van der Waals surface area contributed by atoms with E-state index in [0.29, 0.717) is 13.0 Å². The maximum atomic E-state index is 12.9. The molecule has 0 unspecified atom stereocenters. The van der Waals surface area contributed by atoms with Crippen molar-refractivity contribution in [1.29, 1.82) is 5.26 Å². The Morgan fingerprint density at radius 1 is 1.24 bits per heavy atom. The predicted molar refractivity (Wildman–Crippen MR) is 132 cm³/mol. The molecule has 4 N–H and O–H groups in total. The van der Waals surface area contributed by atoms with Gasteiger partial charge in [0.25, 0.3) is 5.91 Å². The van der Waals surface area contributed by atoms with Crippen LogP contribution in [0.5, 0.6) is 0 Å². The third kappa shape index (κ3) is 10.1. The molecule has 3 rings (SSSR count). The summed E-state index contributed by atoms with van der Waals surface area (Å²) in [5.41, 5.74) is 0.984. The van der Waals surface area contributed by atoms with Gasteiger partial charge in [0.15, 0.2) is 0 Å². The molecule has 12 heteroatoms. The summed E-state index contributed by atoms with van der Waals surface area (Å²) in [6.07, 6.45) is 0.977. The Balaban J connectivity index is 1.54. The highest BCUT2D eigenvalue weighted by Gasteiger charge is 2.33. The fourth-order valence-corrected chi connectivity index (χ4v) is 4.33. The van der Waals surface area contributed by atoms with E-state index >= 15 is 0 Å². The second-order valence-electron chi connectivity index (χ2n) is 9.67. The van der Waals surface area contributed by atoms with Crippen molar-refractivity contribution in [2.24, 2.45) is 5.92 Å². The number of halogens is 3. The highest BCUT2D eigenvalue weighted by molar-refractivity contribution is 6.43. The van der Waals surface area contributed by atoms with Gasteiger partial charge < -0.3 is 30.3 Å². The number of carbonyl (C=O) groups excluding carboxylic acids is 1. The summed E-state index contributed by atoms with van der Waals surface area (Å²) < 4.78 is 44.3. The van der Waals surface area contributed by atoms with Crippen LogP contribution < -0.4 is 10.6 Å². The van der Waals surface area contributed by atoms with Gasteiger partial charge in [0.05, 0.1) is 25.8 Å². The summed E-state index contributed by atoms with van der Waals surface area (Å²) in [6, 6.07) is 10.1. The minimum absolute atomic E-state index is 0.00121. The van der Waals surface area contributed by atoms with Gasteiger partial charge in [-0.05, 0) is 43.6 Å². The first kappa shape index (κ1) is 29.1. The highest BCUT2D eigenvalue weighted by Crippen LogP contribution is 2.32. The van der Waals surface area contributed by atoms with Crippen molar-refractivity contribution in [2.45, 2.75) is 56.3 Å². The number of rotatable bonds is 14. The Morgan fingerprint density at radius 2 is 1.97 bits per heavy atom. The molecule has 1 aromatic rings. The Kier molecular flexibility index (Phi) is 11.0. The van der Waals surface area contributed by atoms with E-state index in [4.69, 9.17) is 4.74 Å². The molecule has 1 heterocycles. The molecule has 2 fully saturated rings. The Hall–Kier alpha value is -2.43. The van der Waals surface area contributed by atoms with Crippen LogP contribution in [0.1, 0.15) is 31.2 Å². The normalized spacial score (nSPS) is 19.9. The van der Waals surface area contributed by atoms with Gasteiger partial charge in [-0.1, -0.05) is 36.4 Å². The summed E-state index contributed by atoms with van der Waals surface area (Å²) in [5.74, 6) is -0.829. The summed E-state index contributed by atoms with van der Waals surface area (Å²) in [4.78, 5) is 14.5. The number of allylic oxidation sites excluding steroid dienone is 1. The van der Waals surface area contributed by atoms with Gasteiger partial charge in [-0.25, -0.2) is 0 Å². The molecular weight excluding hydrogens is 488 g/mol. The first-order valence-corrected chi connectivity index (χ1v) is 12.6. The summed E-state index contributed by atoms with van der Waals surface area (Å²) in [5, 5.41) is 34.3. The smallest absolute Gasteiger partial charge is 0.426 e. The summed E-state index contributed by atoms with van der Waals surface area (Å²) >= 11 is 0. The minimum Gasteiger partial charge on any atom is -0.426 e. The van der Waals surface area contributed by atoms with Crippen molar-refractivity contribution in [3.8, 4) is 6.07 Å². The summed E-state index contributed by atoms with van der Waals surface area (Å²) in [7, 11) is -1.71. The van der Waals surface area contributed by atoms with E-state index in [-0.39, 0.29) is 49.6 Å². The topological polar surface area (TPSA) is 118 Å². The lowest BCUT2D eigenvalue weighted by molar-refractivity contribution is -0.130. The molecule has 1 amide bonds. The van der Waals surface area contributed by atoms with Crippen molar-refractivity contribution >= 4 is 13.0 Å². The van der Waals surface area contributed by atoms with Gasteiger partial charge in [0, 0.05) is 25.1 Å². The van der Waals surface area contributed by atoms with Crippen molar-refractivity contribution < 1.29 is 32.8 Å². The molecule has 37 heavy (non-hydrogen) atoms. The van der Waals surface area contributed by atoms with Crippen LogP contribution in [-0.4, -0.2) is 85.0 Å². The molecule has 2 aliphatic rings. The average Bonchev–Trinajstić information content (AvgIpc) is 3.56. The number of nitrogens with zero attached hydrogens (tertiary/aromatic N) is 2. The number of nitriles is 1. The monoisotopic (exact) mass is 522 g/mol. The molecule has 0 radical (unpaired) electrons. The number of benzene rings is 1. The zero-order valence-corrected chi connectivity index (χ0v) is 20.7. The Morgan fingerprint density at radius 3 is 2.59 bits per heavy atom. The summed E-state index contributed by atoms with van der Waals surface area (Å²) in [6.45, 7) is -0.664. The zero-order chi connectivity index (χ0) is 26.8. The molecular formula is C25H34BF3N4O4. The molecule has 1 saturated heterocycles. The minimum atomic E-state index is -4.42. The first-order chi connectivity index (χ1) is 17.7. The maximum Gasteiger partial charge on any atom is 0.469 e. The van der Waals surface area contributed by atoms with Crippen LogP contribution in [0.4, 0.5) is 13.2 Å². The number of amides is 1. The third-order valence-corrected chi connectivity index (χ3v) is 6.52. The second-order valence-corrected chi connectivity index (χ2v) is 9.67. The molecule has 0 bridgehead atoms. The van der Waals surface area contributed by atoms with E-state index in [1.165, 1.54) is 0 Å². The standard InChI is InChI=1S/C25H34BF3N4O4/c27-25(28,29)17-32-21(14-31-23(26(35)36)12-18-5-2-1-3-6-18)15-37-16-22-7-4-10-33(22)24(34)20(13-30)11-19-8-9-19/h1-3,5-6,11,19,21-23,31-32,35-36H,4,7-10,12,14-17H2/t21-,22+,23-/m0/s1. The van der Waals surface area contributed by atoms with Gasteiger partial charge in [0.2, 0.25) is 0 Å². The van der Waals surface area contributed by atoms with Crippen LogP contribution in [0.3, 0.4) is 0 Å². The molecule has 8 nitrogen and oxygen atoms in total. The van der Waals surface area contributed by atoms with Crippen molar-refractivity contribution in [3.05, 3.63) is 47.5 Å². The van der Waals surface area contributed by atoms with E-state index in [9.17, 15) is 33.3 Å². The number of likely N-dealkylation sites (tertiary alicyclic amines) is 1. The average molecular weight is 522 g/mol. The largest absolute Gasteiger partial charge is 0.469 e. The van der Waals surface area contributed by atoms with Crippen molar-refractivity contribution in [3.63, 3.8) is 0 Å². The van der Waals surface area contributed by atoms with E-state index in [0.717, 1.165) is 24.8 Å². The predicted octanol–water partition coefficient (Wildman–Crippen LogP) is 1.59. The van der Waals surface area contributed by atoms with Crippen LogP contribution in [-0.2, 0) is 16.0 Å². The highest BCUT2D eigenvalue weighted by atomic mass is 19.4. The van der Waals surface area contributed by atoms with Crippen molar-refractivity contribution in [1.82, 2.24) is 15.5 Å². The maximum absolute atomic E-state index is 12.9. The van der Waals surface area contributed by atoms with Crippen LogP contribution >= 0.6 is 0 Å². The number of nitrogens with one attached hydrogen (secondary N) is 2. The molecule has 3 atom stereocenters. The lowest BCUT2D eigenvalue weighted by atomic mass is 9.76. The number of hydrogen-bond acceptors (Lipinski definition) is 7. The fourth-order valence-electron chi connectivity index (χ4n) is 4.33. The molecule has 1 aromatic carbocycles. The van der Waals surface area contributed by atoms with Crippen molar-refractivity contribution in [2.75, 3.05) is 32.8 Å². The molecule has 1 aliphatic carbocycles. The number of carbonyl (C=O) groups is 1. The number of ether oxygens (including phenoxy) is 1. The van der Waals surface area contributed by atoms with Gasteiger partial charge in [-0.2, -0.15) is 18.4 Å². The van der Waals surface area contributed by atoms with Gasteiger partial charge in [-0.15, -0.1) is 0 Å². The molecule has 0 aromatic heterocycles. The van der Waals surface area contributed by atoms with Gasteiger partial charge >= 0.3 is 13.3 Å². The van der Waals surface area contributed by atoms with Gasteiger partial charge in [-0.3, -0.25) is 4.79 Å². The van der Waals surface area contributed by atoms with Gasteiger partial charge in [0.1, 0.15) is 11.6 Å². The van der Waals surface area contributed by atoms with Crippen LogP contribution in [0.15, 0.2) is 42.0 Å². The lowest BCUT2D eigenvalue weighted by Gasteiger charge is -2.27. The quantitative estimate of drug-likeness (QED) is 0.167.